The summed E-state index contributed by atoms with van der Waals surface area (Å²) in [4.78, 5) is 0. The average molecular weight is 335 g/mol. The average Bonchev–Trinajstić information content (AvgIpc) is 3.09. The van der Waals surface area contributed by atoms with Gasteiger partial charge in [0, 0.05) is 33.8 Å². The standard InChI is InChI=1S/C24H17NO/c26-24-19-11-5-4-8-17(19)14-15-21(24)22-16-25(18-9-2-1-3-10-18)23-13-7-6-12-20(22)23/h1-16,26H. The Morgan fingerprint density at radius 3 is 2.12 bits per heavy atom. The summed E-state index contributed by atoms with van der Waals surface area (Å²) in [5.41, 5.74) is 4.12. The highest BCUT2D eigenvalue weighted by Gasteiger charge is 2.15. The first kappa shape index (κ1) is 14.8. The molecule has 2 heteroatoms. The Kier molecular flexibility index (Phi) is 3.29. The predicted octanol–water partition coefficient (Wildman–Crippen LogP) is 6.16. The highest BCUT2D eigenvalue weighted by Crippen LogP contribution is 2.40. The number of phenols is 1. The molecule has 0 saturated carbocycles. The van der Waals surface area contributed by atoms with Gasteiger partial charge in [-0.25, -0.2) is 0 Å². The van der Waals surface area contributed by atoms with E-state index in [-0.39, 0.29) is 0 Å². The minimum Gasteiger partial charge on any atom is -0.507 e. The molecule has 0 saturated heterocycles. The van der Waals surface area contributed by atoms with Gasteiger partial charge in [-0.2, -0.15) is 0 Å². The van der Waals surface area contributed by atoms with E-state index in [1.165, 1.54) is 0 Å². The van der Waals surface area contributed by atoms with E-state index in [1.54, 1.807) is 0 Å². The predicted molar refractivity (Wildman–Crippen MR) is 108 cm³/mol. The zero-order chi connectivity index (χ0) is 17.5. The summed E-state index contributed by atoms with van der Waals surface area (Å²) < 4.78 is 2.18. The number of aromatic nitrogens is 1. The number of benzene rings is 4. The third-order valence-electron chi connectivity index (χ3n) is 4.94. The summed E-state index contributed by atoms with van der Waals surface area (Å²) in [6.07, 6.45) is 2.11. The summed E-state index contributed by atoms with van der Waals surface area (Å²) in [5, 5.41) is 14.0. The highest BCUT2D eigenvalue weighted by atomic mass is 16.3. The molecular formula is C24H17NO. The van der Waals surface area contributed by atoms with Crippen LogP contribution in [0.15, 0.2) is 97.2 Å². The van der Waals surface area contributed by atoms with Gasteiger partial charge in [0.25, 0.3) is 0 Å². The molecule has 2 nitrogen and oxygen atoms in total. The minimum atomic E-state index is 0.332. The van der Waals surface area contributed by atoms with Crippen LogP contribution in [0.2, 0.25) is 0 Å². The van der Waals surface area contributed by atoms with E-state index in [4.69, 9.17) is 0 Å². The number of nitrogens with zero attached hydrogens (tertiary/aromatic N) is 1. The number of fused-ring (bicyclic) bond motifs is 2. The van der Waals surface area contributed by atoms with Crippen LogP contribution in [0.4, 0.5) is 0 Å². The summed E-state index contributed by atoms with van der Waals surface area (Å²) in [7, 11) is 0. The molecule has 4 aromatic carbocycles. The van der Waals surface area contributed by atoms with E-state index in [9.17, 15) is 5.11 Å². The van der Waals surface area contributed by atoms with Gasteiger partial charge in [0.05, 0.1) is 5.52 Å². The number of para-hydroxylation sites is 2. The van der Waals surface area contributed by atoms with Crippen molar-refractivity contribution < 1.29 is 5.11 Å². The molecule has 1 N–H and O–H groups in total. The van der Waals surface area contributed by atoms with Gasteiger partial charge >= 0.3 is 0 Å². The summed E-state index contributed by atoms with van der Waals surface area (Å²) in [6.45, 7) is 0. The molecule has 0 radical (unpaired) electrons. The lowest BCUT2D eigenvalue weighted by molar-refractivity contribution is 0.483. The zero-order valence-corrected chi connectivity index (χ0v) is 14.1. The Morgan fingerprint density at radius 1 is 0.577 bits per heavy atom. The maximum Gasteiger partial charge on any atom is 0.131 e. The fourth-order valence-corrected chi connectivity index (χ4v) is 3.67. The Bertz CT molecular complexity index is 1240. The quantitative estimate of drug-likeness (QED) is 0.411. The smallest absolute Gasteiger partial charge is 0.131 e. The van der Waals surface area contributed by atoms with Crippen molar-refractivity contribution in [2.24, 2.45) is 0 Å². The molecule has 0 aliphatic carbocycles. The molecule has 0 spiro atoms. The van der Waals surface area contributed by atoms with E-state index < -0.39 is 0 Å². The highest BCUT2D eigenvalue weighted by molar-refractivity contribution is 6.03. The van der Waals surface area contributed by atoms with Crippen LogP contribution < -0.4 is 0 Å². The van der Waals surface area contributed by atoms with Crippen LogP contribution in [0.25, 0.3) is 38.5 Å². The number of aromatic hydroxyl groups is 1. The maximum atomic E-state index is 10.9. The number of hydrogen-bond acceptors (Lipinski definition) is 1. The molecule has 0 aliphatic rings. The molecule has 5 aromatic rings. The van der Waals surface area contributed by atoms with E-state index in [0.29, 0.717) is 5.75 Å². The third-order valence-corrected chi connectivity index (χ3v) is 4.94. The Labute approximate surface area is 151 Å². The van der Waals surface area contributed by atoms with E-state index in [1.807, 2.05) is 60.7 Å². The zero-order valence-electron chi connectivity index (χ0n) is 14.1. The second kappa shape index (κ2) is 5.78. The molecule has 0 bridgehead atoms. The molecule has 0 atom stereocenters. The van der Waals surface area contributed by atoms with Crippen LogP contribution >= 0.6 is 0 Å². The molecule has 1 aromatic heterocycles. The first-order valence-corrected chi connectivity index (χ1v) is 8.69. The van der Waals surface area contributed by atoms with Gasteiger partial charge in [-0.1, -0.05) is 66.7 Å². The summed E-state index contributed by atoms with van der Waals surface area (Å²) in [5.74, 6) is 0.332. The minimum absolute atomic E-state index is 0.332. The van der Waals surface area contributed by atoms with Crippen molar-refractivity contribution in [2.75, 3.05) is 0 Å². The van der Waals surface area contributed by atoms with E-state index in [2.05, 4.69) is 41.1 Å². The van der Waals surface area contributed by atoms with Crippen molar-refractivity contribution in [1.82, 2.24) is 4.57 Å². The lowest BCUT2D eigenvalue weighted by Crippen LogP contribution is -1.90. The van der Waals surface area contributed by atoms with Crippen molar-refractivity contribution in [3.8, 4) is 22.6 Å². The van der Waals surface area contributed by atoms with Crippen molar-refractivity contribution >= 4 is 21.7 Å². The van der Waals surface area contributed by atoms with Crippen molar-refractivity contribution in [3.05, 3.63) is 97.2 Å². The van der Waals surface area contributed by atoms with Gasteiger partial charge < -0.3 is 9.67 Å². The van der Waals surface area contributed by atoms with Gasteiger partial charge in [0.15, 0.2) is 0 Å². The van der Waals surface area contributed by atoms with Crippen molar-refractivity contribution in [3.63, 3.8) is 0 Å². The van der Waals surface area contributed by atoms with Gasteiger partial charge in [-0.15, -0.1) is 0 Å². The monoisotopic (exact) mass is 335 g/mol. The van der Waals surface area contributed by atoms with Crippen LogP contribution in [0.1, 0.15) is 0 Å². The second-order valence-electron chi connectivity index (χ2n) is 6.45. The molecule has 0 fully saturated rings. The largest absolute Gasteiger partial charge is 0.507 e. The summed E-state index contributed by atoms with van der Waals surface area (Å²) >= 11 is 0. The third kappa shape index (κ3) is 2.20. The molecule has 26 heavy (non-hydrogen) atoms. The Hall–Kier alpha value is -3.52. The fourth-order valence-electron chi connectivity index (χ4n) is 3.67. The van der Waals surface area contributed by atoms with Gasteiger partial charge in [-0.05, 0) is 29.7 Å². The number of rotatable bonds is 2. The first-order chi connectivity index (χ1) is 12.8. The van der Waals surface area contributed by atoms with Crippen LogP contribution in [0, 0.1) is 0 Å². The van der Waals surface area contributed by atoms with Crippen LogP contribution in [-0.4, -0.2) is 9.67 Å². The van der Waals surface area contributed by atoms with Crippen LogP contribution in [0.5, 0.6) is 5.75 Å². The van der Waals surface area contributed by atoms with Crippen LogP contribution in [0.3, 0.4) is 0 Å². The molecular weight excluding hydrogens is 318 g/mol. The second-order valence-corrected chi connectivity index (χ2v) is 6.45. The number of hydrogen-bond donors (Lipinski definition) is 1. The fraction of sp³-hybridized carbons (Fsp3) is 0. The Balaban J connectivity index is 1.82. The van der Waals surface area contributed by atoms with Gasteiger partial charge in [0.1, 0.15) is 5.75 Å². The topological polar surface area (TPSA) is 25.2 Å². The lowest BCUT2D eigenvalue weighted by atomic mass is 9.99. The molecule has 0 unspecified atom stereocenters. The number of phenolic OH excluding ortho intramolecular Hbond substituents is 1. The molecule has 5 rings (SSSR count). The SMILES string of the molecule is Oc1c(-c2cn(-c3ccccc3)c3ccccc23)ccc2ccccc12. The van der Waals surface area contributed by atoms with Crippen molar-refractivity contribution in [1.29, 1.82) is 0 Å². The maximum absolute atomic E-state index is 10.9. The molecule has 0 amide bonds. The van der Waals surface area contributed by atoms with Gasteiger partial charge in [-0.3, -0.25) is 0 Å². The normalized spacial score (nSPS) is 11.2. The van der Waals surface area contributed by atoms with E-state index in [0.717, 1.165) is 38.5 Å². The lowest BCUT2D eigenvalue weighted by Gasteiger charge is -2.07. The van der Waals surface area contributed by atoms with Crippen molar-refractivity contribution in [2.45, 2.75) is 0 Å². The molecule has 0 aliphatic heterocycles. The molecule has 1 heterocycles. The summed E-state index contributed by atoms with van der Waals surface area (Å²) in [6, 6.07) is 30.6. The van der Waals surface area contributed by atoms with Gasteiger partial charge in [0.2, 0.25) is 0 Å². The van der Waals surface area contributed by atoms with Crippen LogP contribution in [-0.2, 0) is 0 Å². The molecule has 124 valence electrons. The Morgan fingerprint density at radius 2 is 1.27 bits per heavy atom. The van der Waals surface area contributed by atoms with E-state index >= 15 is 0 Å². The first-order valence-electron chi connectivity index (χ1n) is 8.69.